The van der Waals surface area contributed by atoms with Gasteiger partial charge >= 0.3 is 0 Å². The first-order valence-corrected chi connectivity index (χ1v) is 10.3. The monoisotopic (exact) mass is 459 g/mol. The molecule has 152 valence electrons. The van der Waals surface area contributed by atoms with Crippen molar-refractivity contribution in [1.82, 2.24) is 9.55 Å². The average molecular weight is 460 g/mol. The number of benzene rings is 2. The van der Waals surface area contributed by atoms with E-state index in [1.807, 2.05) is 19.2 Å². The summed E-state index contributed by atoms with van der Waals surface area (Å²) in [5.74, 6) is 1.99. The molecule has 0 radical (unpaired) electrons. The molecule has 1 aromatic heterocycles. The van der Waals surface area contributed by atoms with Crippen LogP contribution in [-0.4, -0.2) is 23.8 Å². The number of aryl methyl sites for hydroxylation is 1. The summed E-state index contributed by atoms with van der Waals surface area (Å²) in [6.45, 7) is 2.90. The van der Waals surface area contributed by atoms with Gasteiger partial charge < -0.3 is 19.4 Å². The molecule has 0 fully saturated rings. The molecule has 1 aliphatic heterocycles. The van der Waals surface area contributed by atoms with Crippen molar-refractivity contribution < 1.29 is 13.9 Å². The van der Waals surface area contributed by atoms with Crippen LogP contribution >= 0.6 is 15.9 Å². The normalized spacial score (nSPS) is 13.8. The summed E-state index contributed by atoms with van der Waals surface area (Å²) in [6, 6.07) is 9.12. The number of nitrogens with zero attached hydrogens (tertiary/aromatic N) is 2. The molecular formula is C22H23BrFN3O2. The number of ether oxygens (including phenoxy) is 2. The molecule has 3 aromatic rings. The smallest absolute Gasteiger partial charge is 0.203 e. The van der Waals surface area contributed by atoms with E-state index in [-0.39, 0.29) is 11.9 Å². The van der Waals surface area contributed by atoms with Crippen LogP contribution in [0, 0.1) is 5.82 Å². The van der Waals surface area contributed by atoms with Gasteiger partial charge in [0.2, 0.25) is 5.95 Å². The first-order valence-electron chi connectivity index (χ1n) is 9.54. The van der Waals surface area contributed by atoms with Gasteiger partial charge in [-0.2, -0.15) is 0 Å². The zero-order chi connectivity index (χ0) is 20.5. The van der Waals surface area contributed by atoms with Gasteiger partial charge in [0.25, 0.3) is 0 Å². The quantitative estimate of drug-likeness (QED) is 0.540. The lowest BCUT2D eigenvalue weighted by Gasteiger charge is -2.17. The molecule has 29 heavy (non-hydrogen) atoms. The largest absolute Gasteiger partial charge is 0.493 e. The highest BCUT2D eigenvalue weighted by Gasteiger charge is 2.22. The number of hydrogen-bond donors (Lipinski definition) is 1. The summed E-state index contributed by atoms with van der Waals surface area (Å²) < 4.78 is 27.2. The van der Waals surface area contributed by atoms with E-state index < -0.39 is 0 Å². The molecular weight excluding hydrogens is 437 g/mol. The fraction of sp³-hybridized carbons (Fsp3) is 0.318. The molecule has 1 atom stereocenters. The van der Waals surface area contributed by atoms with E-state index in [1.54, 1.807) is 26.4 Å². The van der Waals surface area contributed by atoms with E-state index in [9.17, 15) is 4.39 Å². The highest BCUT2D eigenvalue weighted by Crippen LogP contribution is 2.39. The van der Waals surface area contributed by atoms with Gasteiger partial charge in [0.15, 0.2) is 11.5 Å². The molecule has 1 aliphatic rings. The molecule has 2 heterocycles. The van der Waals surface area contributed by atoms with Crippen molar-refractivity contribution in [2.75, 3.05) is 19.5 Å². The van der Waals surface area contributed by atoms with Gasteiger partial charge in [-0.05, 0) is 71.1 Å². The van der Waals surface area contributed by atoms with Gasteiger partial charge in [-0.1, -0.05) is 6.07 Å². The van der Waals surface area contributed by atoms with E-state index in [2.05, 4.69) is 36.9 Å². The van der Waals surface area contributed by atoms with Crippen LogP contribution in [0.15, 0.2) is 41.0 Å². The molecule has 0 bridgehead atoms. The van der Waals surface area contributed by atoms with E-state index in [0.29, 0.717) is 10.2 Å². The summed E-state index contributed by atoms with van der Waals surface area (Å²) >= 11 is 3.26. The number of rotatable bonds is 5. The Morgan fingerprint density at radius 1 is 1.17 bits per heavy atom. The Morgan fingerprint density at radius 2 is 1.93 bits per heavy atom. The van der Waals surface area contributed by atoms with Crippen LogP contribution in [0.2, 0.25) is 0 Å². The molecule has 7 heteroatoms. The topological polar surface area (TPSA) is 48.3 Å². The third-order valence-electron chi connectivity index (χ3n) is 5.36. The molecule has 4 rings (SSSR count). The number of hydrogen-bond acceptors (Lipinski definition) is 4. The molecule has 5 nitrogen and oxygen atoms in total. The van der Waals surface area contributed by atoms with Crippen LogP contribution in [-0.2, 0) is 13.0 Å². The SMILES string of the molecule is COc1cc2c(cc1OC)-c1cnc(NC(C)c3ccc(F)c(Br)c3)n1CCC2. The molecule has 1 unspecified atom stereocenters. The van der Waals surface area contributed by atoms with Crippen LogP contribution in [0.1, 0.15) is 30.5 Å². The minimum absolute atomic E-state index is 0.0217. The third-order valence-corrected chi connectivity index (χ3v) is 5.97. The standard InChI is InChI=1S/C22H23BrFN3O2/c1-13(14-6-7-18(24)17(23)9-14)26-22-25-12-19-16-11-21(29-3)20(28-2)10-15(16)5-4-8-27(19)22/h6-7,9-13H,4-5,8H2,1-3H3,(H,25,26). The fourth-order valence-electron chi connectivity index (χ4n) is 3.78. The highest BCUT2D eigenvalue weighted by atomic mass is 79.9. The van der Waals surface area contributed by atoms with E-state index in [0.717, 1.165) is 47.9 Å². The minimum atomic E-state index is -0.267. The lowest BCUT2D eigenvalue weighted by atomic mass is 10.0. The maximum atomic E-state index is 13.6. The third kappa shape index (κ3) is 3.71. The zero-order valence-corrected chi connectivity index (χ0v) is 18.2. The summed E-state index contributed by atoms with van der Waals surface area (Å²) in [6.07, 6.45) is 3.85. The van der Waals surface area contributed by atoms with Crippen molar-refractivity contribution in [3.05, 3.63) is 57.9 Å². The molecule has 2 aromatic carbocycles. The van der Waals surface area contributed by atoms with Crippen molar-refractivity contribution in [2.45, 2.75) is 32.4 Å². The Hall–Kier alpha value is -2.54. The van der Waals surface area contributed by atoms with Crippen LogP contribution < -0.4 is 14.8 Å². The van der Waals surface area contributed by atoms with Gasteiger partial charge in [0.05, 0.1) is 36.6 Å². The highest BCUT2D eigenvalue weighted by molar-refractivity contribution is 9.10. The van der Waals surface area contributed by atoms with E-state index in [4.69, 9.17) is 9.47 Å². The average Bonchev–Trinajstić information content (AvgIpc) is 3.02. The van der Waals surface area contributed by atoms with E-state index in [1.165, 1.54) is 11.6 Å². The van der Waals surface area contributed by atoms with Crippen LogP contribution in [0.3, 0.4) is 0 Å². The first-order chi connectivity index (χ1) is 14.0. The maximum Gasteiger partial charge on any atom is 0.203 e. The second-order valence-electron chi connectivity index (χ2n) is 7.13. The Balaban J connectivity index is 1.68. The predicted molar refractivity (Wildman–Crippen MR) is 115 cm³/mol. The van der Waals surface area contributed by atoms with Gasteiger partial charge in [0, 0.05) is 12.1 Å². The van der Waals surface area contributed by atoms with Gasteiger partial charge in [-0.3, -0.25) is 0 Å². The lowest BCUT2D eigenvalue weighted by Crippen LogP contribution is -2.12. The van der Waals surface area contributed by atoms with Gasteiger partial charge in [-0.15, -0.1) is 0 Å². The van der Waals surface area contributed by atoms with Crippen LogP contribution in [0.4, 0.5) is 10.3 Å². The van der Waals surface area contributed by atoms with Crippen molar-refractivity contribution in [3.63, 3.8) is 0 Å². The Bertz CT molecular complexity index is 1050. The number of methoxy groups -OCH3 is 2. The van der Waals surface area contributed by atoms with Gasteiger partial charge in [0.1, 0.15) is 5.82 Å². The van der Waals surface area contributed by atoms with Crippen molar-refractivity contribution in [2.24, 2.45) is 0 Å². The second kappa shape index (κ2) is 8.06. The predicted octanol–water partition coefficient (Wildman–Crippen LogP) is 5.59. The Labute approximate surface area is 178 Å². The molecule has 0 aliphatic carbocycles. The molecule has 0 saturated heterocycles. The second-order valence-corrected chi connectivity index (χ2v) is 7.98. The van der Waals surface area contributed by atoms with Gasteiger partial charge in [-0.25, -0.2) is 9.37 Å². The minimum Gasteiger partial charge on any atom is -0.493 e. The summed E-state index contributed by atoms with van der Waals surface area (Å²) in [5.41, 5.74) is 4.37. The number of anilines is 1. The lowest BCUT2D eigenvalue weighted by molar-refractivity contribution is 0.354. The summed E-state index contributed by atoms with van der Waals surface area (Å²) in [4.78, 5) is 4.64. The van der Waals surface area contributed by atoms with Crippen molar-refractivity contribution in [1.29, 1.82) is 0 Å². The Kier molecular flexibility index (Phi) is 5.50. The number of fused-ring (bicyclic) bond motifs is 3. The van der Waals surface area contributed by atoms with E-state index >= 15 is 0 Å². The number of nitrogens with one attached hydrogen (secondary N) is 1. The van der Waals surface area contributed by atoms with Crippen molar-refractivity contribution in [3.8, 4) is 22.8 Å². The number of imidazole rings is 1. The molecule has 0 amide bonds. The van der Waals surface area contributed by atoms with Crippen LogP contribution in [0.5, 0.6) is 11.5 Å². The molecule has 0 spiro atoms. The number of aromatic nitrogens is 2. The number of halogens is 2. The molecule has 0 saturated carbocycles. The summed E-state index contributed by atoms with van der Waals surface area (Å²) in [7, 11) is 3.30. The first kappa shape index (κ1) is 19.8. The maximum absolute atomic E-state index is 13.6. The zero-order valence-electron chi connectivity index (χ0n) is 16.6. The summed E-state index contributed by atoms with van der Waals surface area (Å²) in [5, 5.41) is 3.48. The molecule has 1 N–H and O–H groups in total. The Morgan fingerprint density at radius 3 is 2.66 bits per heavy atom. The van der Waals surface area contributed by atoms with Crippen molar-refractivity contribution >= 4 is 21.9 Å². The fourth-order valence-corrected chi connectivity index (χ4v) is 4.18. The van der Waals surface area contributed by atoms with Crippen LogP contribution in [0.25, 0.3) is 11.3 Å².